The highest BCUT2D eigenvalue weighted by atomic mass is 79.9. The van der Waals surface area contributed by atoms with Gasteiger partial charge in [-0.25, -0.2) is 4.79 Å². The van der Waals surface area contributed by atoms with E-state index in [2.05, 4.69) is 33.8 Å². The first-order valence-corrected chi connectivity index (χ1v) is 9.79. The van der Waals surface area contributed by atoms with E-state index in [-0.39, 0.29) is 6.09 Å². The topological polar surface area (TPSA) is 42.0 Å². The van der Waals surface area contributed by atoms with Gasteiger partial charge in [0.2, 0.25) is 0 Å². The van der Waals surface area contributed by atoms with Crippen molar-refractivity contribution in [3.8, 4) is 5.75 Å². The van der Waals surface area contributed by atoms with Gasteiger partial charge < -0.3 is 19.3 Å². The van der Waals surface area contributed by atoms with Crippen LogP contribution in [0.5, 0.6) is 5.75 Å². The number of nitrogens with zero attached hydrogens (tertiary/aromatic N) is 2. The maximum Gasteiger partial charge on any atom is 0.410 e. The first kappa shape index (κ1) is 18.4. The summed E-state index contributed by atoms with van der Waals surface area (Å²) in [5, 5.41) is 0. The number of amides is 1. The van der Waals surface area contributed by atoms with Crippen molar-refractivity contribution >= 4 is 27.7 Å². The van der Waals surface area contributed by atoms with Crippen molar-refractivity contribution in [1.82, 2.24) is 4.90 Å². The van der Waals surface area contributed by atoms with Crippen LogP contribution < -0.4 is 9.64 Å². The second kappa shape index (κ2) is 7.06. The van der Waals surface area contributed by atoms with E-state index in [0.717, 1.165) is 41.8 Å². The van der Waals surface area contributed by atoms with Gasteiger partial charge in [-0.3, -0.25) is 0 Å². The van der Waals surface area contributed by atoms with Crippen molar-refractivity contribution in [2.24, 2.45) is 0 Å². The van der Waals surface area contributed by atoms with Crippen molar-refractivity contribution in [1.29, 1.82) is 0 Å². The SMILES string of the molecule is CCN1CCOc2c1cc1c(c2Br)CCN(C(=O)OC(C)(C)C)CC1. The molecule has 0 bridgehead atoms. The van der Waals surface area contributed by atoms with Gasteiger partial charge in [0.05, 0.1) is 16.7 Å². The van der Waals surface area contributed by atoms with Crippen LogP contribution in [0.1, 0.15) is 38.8 Å². The van der Waals surface area contributed by atoms with Gasteiger partial charge in [-0.15, -0.1) is 0 Å². The molecule has 0 saturated carbocycles. The Morgan fingerprint density at radius 2 is 2.00 bits per heavy atom. The number of carbonyl (C=O) groups is 1. The maximum absolute atomic E-state index is 12.4. The van der Waals surface area contributed by atoms with Crippen LogP contribution in [0.4, 0.5) is 10.5 Å². The Hall–Kier alpha value is -1.43. The normalized spacial score (nSPS) is 17.3. The summed E-state index contributed by atoms with van der Waals surface area (Å²) in [4.78, 5) is 16.6. The van der Waals surface area contributed by atoms with Crippen molar-refractivity contribution in [3.05, 3.63) is 21.7 Å². The Labute approximate surface area is 158 Å². The molecule has 3 rings (SSSR count). The quantitative estimate of drug-likeness (QED) is 0.701. The number of hydrogen-bond donors (Lipinski definition) is 0. The van der Waals surface area contributed by atoms with Crippen LogP contribution in [0.2, 0.25) is 0 Å². The van der Waals surface area contributed by atoms with Gasteiger partial charge in [0.25, 0.3) is 0 Å². The maximum atomic E-state index is 12.4. The summed E-state index contributed by atoms with van der Waals surface area (Å²) in [5.74, 6) is 0.942. The molecule has 0 aromatic heterocycles. The number of ether oxygens (including phenoxy) is 2. The number of likely N-dealkylation sites (N-methyl/N-ethyl adjacent to an activating group) is 1. The lowest BCUT2D eigenvalue weighted by Gasteiger charge is -2.32. The molecule has 25 heavy (non-hydrogen) atoms. The third kappa shape index (κ3) is 3.89. The minimum atomic E-state index is -0.467. The molecule has 1 amide bonds. The molecule has 2 aliphatic heterocycles. The number of carbonyl (C=O) groups excluding carboxylic acids is 1. The highest BCUT2D eigenvalue weighted by molar-refractivity contribution is 9.10. The second-order valence-corrected chi connectivity index (χ2v) is 8.36. The molecular weight excluding hydrogens is 384 g/mol. The molecule has 1 aromatic carbocycles. The molecule has 0 saturated heterocycles. The summed E-state index contributed by atoms with van der Waals surface area (Å²) < 4.78 is 12.5. The van der Waals surface area contributed by atoms with Crippen LogP contribution in [0.25, 0.3) is 0 Å². The van der Waals surface area contributed by atoms with Gasteiger partial charge in [0, 0.05) is 19.6 Å². The van der Waals surface area contributed by atoms with Crippen LogP contribution in [0, 0.1) is 0 Å². The van der Waals surface area contributed by atoms with Gasteiger partial charge in [0.1, 0.15) is 12.2 Å². The summed E-state index contributed by atoms with van der Waals surface area (Å²) in [7, 11) is 0. The molecule has 0 fully saturated rings. The standard InChI is InChI=1S/C19H27BrN2O3/c1-5-21-10-11-24-17-15(21)12-13-6-8-22(9-7-14(13)16(17)20)18(23)25-19(2,3)4/h12H,5-11H2,1-4H3. The highest BCUT2D eigenvalue weighted by Gasteiger charge is 2.28. The first-order chi connectivity index (χ1) is 11.8. The van der Waals surface area contributed by atoms with Crippen LogP contribution in [0.15, 0.2) is 10.5 Å². The van der Waals surface area contributed by atoms with Crippen LogP contribution >= 0.6 is 15.9 Å². The Balaban J connectivity index is 1.85. The molecular formula is C19H27BrN2O3. The van der Waals surface area contributed by atoms with Gasteiger partial charge in [0.15, 0.2) is 5.75 Å². The lowest BCUT2D eigenvalue weighted by Crippen LogP contribution is -2.38. The fourth-order valence-corrected chi connectivity index (χ4v) is 4.17. The van der Waals surface area contributed by atoms with E-state index in [9.17, 15) is 4.79 Å². The summed E-state index contributed by atoms with van der Waals surface area (Å²) in [5.41, 5.74) is 3.24. The van der Waals surface area contributed by atoms with Gasteiger partial charge in [-0.05, 0) is 73.7 Å². The first-order valence-electron chi connectivity index (χ1n) is 9.00. The zero-order valence-electron chi connectivity index (χ0n) is 15.5. The molecule has 0 aliphatic carbocycles. The van der Waals surface area contributed by atoms with Gasteiger partial charge in [-0.2, -0.15) is 0 Å². The molecule has 138 valence electrons. The molecule has 6 heteroatoms. The molecule has 0 radical (unpaired) electrons. The summed E-state index contributed by atoms with van der Waals surface area (Å²) in [6.07, 6.45) is 1.41. The lowest BCUT2D eigenvalue weighted by molar-refractivity contribution is 0.0258. The van der Waals surface area contributed by atoms with E-state index in [1.165, 1.54) is 11.1 Å². The smallest absolute Gasteiger partial charge is 0.410 e. The van der Waals surface area contributed by atoms with Crippen molar-refractivity contribution in [2.75, 3.05) is 37.7 Å². The van der Waals surface area contributed by atoms with Crippen LogP contribution in [0.3, 0.4) is 0 Å². The molecule has 0 spiro atoms. The fourth-order valence-electron chi connectivity index (χ4n) is 3.40. The van der Waals surface area contributed by atoms with E-state index in [4.69, 9.17) is 9.47 Å². The third-order valence-corrected chi connectivity index (χ3v) is 5.50. The average Bonchev–Trinajstić information content (AvgIpc) is 2.76. The molecule has 0 unspecified atom stereocenters. The predicted octanol–water partition coefficient (Wildman–Crippen LogP) is 4.00. The van der Waals surface area contributed by atoms with Gasteiger partial charge >= 0.3 is 6.09 Å². The number of benzene rings is 1. The zero-order chi connectivity index (χ0) is 18.2. The Morgan fingerprint density at radius 1 is 1.28 bits per heavy atom. The largest absolute Gasteiger partial charge is 0.488 e. The molecule has 0 N–H and O–H groups in total. The Bertz CT molecular complexity index is 670. The fraction of sp³-hybridized carbons (Fsp3) is 0.632. The van der Waals surface area contributed by atoms with Crippen molar-refractivity contribution < 1.29 is 14.3 Å². The van der Waals surface area contributed by atoms with E-state index < -0.39 is 5.60 Å². The van der Waals surface area contributed by atoms with Crippen LogP contribution in [-0.2, 0) is 17.6 Å². The second-order valence-electron chi connectivity index (χ2n) is 7.57. The summed E-state index contributed by atoms with van der Waals surface area (Å²) in [6, 6.07) is 2.25. The number of anilines is 1. The monoisotopic (exact) mass is 410 g/mol. The Morgan fingerprint density at radius 3 is 2.68 bits per heavy atom. The molecule has 0 atom stereocenters. The predicted molar refractivity (Wildman–Crippen MR) is 103 cm³/mol. The minimum absolute atomic E-state index is 0.229. The molecule has 1 aromatic rings. The number of fused-ring (bicyclic) bond motifs is 2. The zero-order valence-corrected chi connectivity index (χ0v) is 17.1. The number of rotatable bonds is 1. The van der Waals surface area contributed by atoms with E-state index in [0.29, 0.717) is 19.7 Å². The van der Waals surface area contributed by atoms with E-state index in [1.54, 1.807) is 0 Å². The summed E-state index contributed by atoms with van der Waals surface area (Å²) in [6.45, 7) is 11.8. The Kier molecular flexibility index (Phi) is 5.19. The number of halogens is 1. The molecule has 5 nitrogen and oxygen atoms in total. The molecule has 2 aliphatic rings. The minimum Gasteiger partial charge on any atom is -0.488 e. The number of hydrogen-bond acceptors (Lipinski definition) is 4. The van der Waals surface area contributed by atoms with Crippen molar-refractivity contribution in [2.45, 2.75) is 46.1 Å². The highest BCUT2D eigenvalue weighted by Crippen LogP contribution is 2.43. The van der Waals surface area contributed by atoms with Crippen LogP contribution in [-0.4, -0.2) is 49.4 Å². The van der Waals surface area contributed by atoms with Crippen molar-refractivity contribution in [3.63, 3.8) is 0 Å². The summed E-state index contributed by atoms with van der Waals surface area (Å²) >= 11 is 3.76. The van der Waals surface area contributed by atoms with Gasteiger partial charge in [-0.1, -0.05) is 0 Å². The van der Waals surface area contributed by atoms with E-state index >= 15 is 0 Å². The lowest BCUT2D eigenvalue weighted by atomic mass is 10.0. The average molecular weight is 411 g/mol. The third-order valence-electron chi connectivity index (χ3n) is 4.66. The van der Waals surface area contributed by atoms with E-state index in [1.807, 2.05) is 25.7 Å². The molecule has 2 heterocycles.